The molecular weight excluding hydrogens is 364 g/mol. The number of likely N-dealkylation sites (N-methyl/N-ethyl adjacent to an activating group) is 1. The van der Waals surface area contributed by atoms with E-state index in [2.05, 4.69) is 26.9 Å². The molecule has 2 amide bonds. The average molecular weight is 407 g/mol. The fourth-order valence-corrected chi connectivity index (χ4v) is 5.16. The largest absolute Gasteiger partial charge is 0.356 e. The van der Waals surface area contributed by atoms with E-state index in [0.717, 1.165) is 77.9 Å². The van der Waals surface area contributed by atoms with Crippen LogP contribution in [0, 0.1) is 11.8 Å². The van der Waals surface area contributed by atoms with Crippen LogP contribution in [0.1, 0.15) is 64.7 Å². The highest BCUT2D eigenvalue weighted by Crippen LogP contribution is 2.28. The maximum absolute atomic E-state index is 12.7. The number of hydrogen-bond acceptors (Lipinski definition) is 4. The number of piperidine rings is 1. The molecule has 29 heavy (non-hydrogen) atoms. The van der Waals surface area contributed by atoms with Gasteiger partial charge in [-0.1, -0.05) is 26.2 Å². The molecule has 3 rings (SSSR count). The molecule has 2 heterocycles. The highest BCUT2D eigenvalue weighted by molar-refractivity contribution is 5.79. The summed E-state index contributed by atoms with van der Waals surface area (Å²) in [5.74, 6) is 1.28. The fourth-order valence-electron chi connectivity index (χ4n) is 5.16. The lowest BCUT2D eigenvalue weighted by molar-refractivity contribution is -0.138. The number of amides is 2. The van der Waals surface area contributed by atoms with Gasteiger partial charge >= 0.3 is 0 Å². The van der Waals surface area contributed by atoms with Crippen molar-refractivity contribution in [2.45, 2.75) is 64.7 Å². The normalized spacial score (nSPS) is 23.3. The lowest BCUT2D eigenvalue weighted by atomic mass is 9.87. The number of hydrogen-bond donors (Lipinski definition) is 1. The second kappa shape index (κ2) is 11.9. The third-order valence-corrected chi connectivity index (χ3v) is 7.24. The van der Waals surface area contributed by atoms with E-state index in [1.165, 1.54) is 32.4 Å². The second-order valence-electron chi connectivity index (χ2n) is 9.29. The predicted octanol–water partition coefficient (Wildman–Crippen LogP) is 2.34. The molecule has 2 aliphatic heterocycles. The first-order chi connectivity index (χ1) is 14.2. The summed E-state index contributed by atoms with van der Waals surface area (Å²) in [6.45, 7) is 11.6. The predicted molar refractivity (Wildman–Crippen MR) is 117 cm³/mol. The van der Waals surface area contributed by atoms with Crippen molar-refractivity contribution in [3.63, 3.8) is 0 Å². The molecule has 0 unspecified atom stereocenters. The summed E-state index contributed by atoms with van der Waals surface area (Å²) in [5, 5.41) is 3.12. The van der Waals surface area contributed by atoms with Crippen molar-refractivity contribution in [2.24, 2.45) is 11.8 Å². The molecule has 0 bridgehead atoms. The van der Waals surface area contributed by atoms with Gasteiger partial charge in [0.1, 0.15) is 0 Å². The Morgan fingerprint density at radius 2 is 1.52 bits per heavy atom. The van der Waals surface area contributed by atoms with Crippen LogP contribution in [-0.4, -0.2) is 85.4 Å². The summed E-state index contributed by atoms with van der Waals surface area (Å²) in [6.07, 6.45) is 9.49. The first-order valence-electron chi connectivity index (χ1n) is 12.2. The van der Waals surface area contributed by atoms with E-state index in [0.29, 0.717) is 18.2 Å². The molecule has 0 aromatic heterocycles. The molecular formula is C23H42N4O2. The quantitative estimate of drug-likeness (QED) is 0.629. The first kappa shape index (κ1) is 22.5. The average Bonchev–Trinajstić information content (AvgIpc) is 2.78. The Balaban J connectivity index is 1.24. The molecule has 0 radical (unpaired) electrons. The lowest BCUT2D eigenvalue weighted by Crippen LogP contribution is -2.46. The molecule has 0 spiro atoms. The van der Waals surface area contributed by atoms with Gasteiger partial charge < -0.3 is 20.0 Å². The molecule has 3 aliphatic rings. The maximum atomic E-state index is 12.7. The SMILES string of the molecule is CCN1CCN(CCCNC(=O)CC2CCN(C(=O)C3CCCCC3)CC2)CC1. The Hall–Kier alpha value is -1.14. The van der Waals surface area contributed by atoms with Crippen LogP contribution in [0.4, 0.5) is 0 Å². The van der Waals surface area contributed by atoms with E-state index in [1.807, 2.05) is 0 Å². The van der Waals surface area contributed by atoms with Gasteiger partial charge in [0.15, 0.2) is 0 Å². The minimum absolute atomic E-state index is 0.192. The molecule has 0 aromatic rings. The van der Waals surface area contributed by atoms with Gasteiger partial charge in [-0.2, -0.15) is 0 Å². The standard InChI is InChI=1S/C23H42N4O2/c1-2-25-15-17-26(18-16-25)12-6-11-24-22(28)19-20-9-13-27(14-10-20)23(29)21-7-4-3-5-8-21/h20-21H,2-19H2,1H3,(H,24,28). The number of nitrogens with zero attached hydrogens (tertiary/aromatic N) is 3. The summed E-state index contributed by atoms with van der Waals surface area (Å²) >= 11 is 0. The first-order valence-corrected chi connectivity index (χ1v) is 12.2. The molecule has 3 fully saturated rings. The summed E-state index contributed by atoms with van der Waals surface area (Å²) < 4.78 is 0. The zero-order valence-electron chi connectivity index (χ0n) is 18.5. The number of carbonyl (C=O) groups excluding carboxylic acids is 2. The van der Waals surface area contributed by atoms with E-state index in [-0.39, 0.29) is 11.8 Å². The van der Waals surface area contributed by atoms with Crippen molar-refractivity contribution in [3.8, 4) is 0 Å². The highest BCUT2D eigenvalue weighted by Gasteiger charge is 2.29. The smallest absolute Gasteiger partial charge is 0.225 e. The van der Waals surface area contributed by atoms with Crippen molar-refractivity contribution >= 4 is 11.8 Å². The summed E-state index contributed by atoms with van der Waals surface area (Å²) in [4.78, 5) is 32.0. The lowest BCUT2D eigenvalue weighted by Gasteiger charge is -2.35. The van der Waals surface area contributed by atoms with Gasteiger partial charge in [-0.15, -0.1) is 0 Å². The molecule has 1 aliphatic carbocycles. The summed E-state index contributed by atoms with van der Waals surface area (Å²) in [5.41, 5.74) is 0. The Morgan fingerprint density at radius 1 is 0.862 bits per heavy atom. The topological polar surface area (TPSA) is 55.9 Å². The van der Waals surface area contributed by atoms with E-state index < -0.39 is 0 Å². The van der Waals surface area contributed by atoms with Crippen molar-refractivity contribution in [1.82, 2.24) is 20.0 Å². The van der Waals surface area contributed by atoms with Crippen LogP contribution >= 0.6 is 0 Å². The van der Waals surface area contributed by atoms with Crippen molar-refractivity contribution in [3.05, 3.63) is 0 Å². The third-order valence-electron chi connectivity index (χ3n) is 7.24. The van der Waals surface area contributed by atoms with Gasteiger partial charge in [0.2, 0.25) is 11.8 Å². The van der Waals surface area contributed by atoms with E-state index in [1.54, 1.807) is 0 Å². The number of carbonyl (C=O) groups is 2. The maximum Gasteiger partial charge on any atom is 0.225 e. The van der Waals surface area contributed by atoms with Crippen LogP contribution in [0.15, 0.2) is 0 Å². The second-order valence-corrected chi connectivity index (χ2v) is 9.29. The van der Waals surface area contributed by atoms with Crippen LogP contribution in [0.2, 0.25) is 0 Å². The van der Waals surface area contributed by atoms with Crippen molar-refractivity contribution in [2.75, 3.05) is 58.9 Å². The number of piperazine rings is 1. The van der Waals surface area contributed by atoms with Gasteiger partial charge in [0.05, 0.1) is 0 Å². The van der Waals surface area contributed by atoms with E-state index in [9.17, 15) is 9.59 Å². The molecule has 1 saturated carbocycles. The zero-order chi connectivity index (χ0) is 20.5. The number of likely N-dealkylation sites (tertiary alicyclic amines) is 1. The zero-order valence-corrected chi connectivity index (χ0v) is 18.5. The van der Waals surface area contributed by atoms with Gasteiger partial charge in [0, 0.05) is 58.2 Å². The van der Waals surface area contributed by atoms with E-state index >= 15 is 0 Å². The van der Waals surface area contributed by atoms with Crippen LogP contribution in [-0.2, 0) is 9.59 Å². The molecule has 0 atom stereocenters. The van der Waals surface area contributed by atoms with Crippen LogP contribution in [0.5, 0.6) is 0 Å². The van der Waals surface area contributed by atoms with Gasteiger partial charge in [-0.25, -0.2) is 0 Å². The third kappa shape index (κ3) is 7.25. The Labute approximate surface area is 177 Å². The summed E-state index contributed by atoms with van der Waals surface area (Å²) in [7, 11) is 0. The fraction of sp³-hybridized carbons (Fsp3) is 0.913. The van der Waals surface area contributed by atoms with Crippen molar-refractivity contribution < 1.29 is 9.59 Å². The van der Waals surface area contributed by atoms with Crippen LogP contribution in [0.3, 0.4) is 0 Å². The van der Waals surface area contributed by atoms with Crippen LogP contribution < -0.4 is 5.32 Å². The van der Waals surface area contributed by atoms with Gasteiger partial charge in [-0.3, -0.25) is 9.59 Å². The number of rotatable bonds is 8. The molecule has 6 nitrogen and oxygen atoms in total. The minimum atomic E-state index is 0.192. The highest BCUT2D eigenvalue weighted by atomic mass is 16.2. The molecule has 166 valence electrons. The Morgan fingerprint density at radius 3 is 2.17 bits per heavy atom. The summed E-state index contributed by atoms with van der Waals surface area (Å²) in [6, 6.07) is 0. The van der Waals surface area contributed by atoms with Crippen molar-refractivity contribution in [1.29, 1.82) is 0 Å². The Kier molecular flexibility index (Phi) is 9.25. The molecule has 0 aromatic carbocycles. The van der Waals surface area contributed by atoms with E-state index in [4.69, 9.17) is 0 Å². The van der Waals surface area contributed by atoms with Gasteiger partial charge in [-0.05, 0) is 51.1 Å². The number of nitrogens with one attached hydrogen (secondary N) is 1. The van der Waals surface area contributed by atoms with Gasteiger partial charge in [0.25, 0.3) is 0 Å². The minimum Gasteiger partial charge on any atom is -0.356 e. The Bertz CT molecular complexity index is 505. The molecule has 6 heteroatoms. The monoisotopic (exact) mass is 406 g/mol. The molecule has 2 saturated heterocycles. The van der Waals surface area contributed by atoms with Crippen LogP contribution in [0.25, 0.3) is 0 Å². The molecule has 1 N–H and O–H groups in total.